The van der Waals surface area contributed by atoms with Crippen LogP contribution in [-0.4, -0.2) is 14.0 Å². The zero-order valence-corrected chi connectivity index (χ0v) is 18.4. The van der Waals surface area contributed by atoms with Gasteiger partial charge in [0.2, 0.25) is 0 Å². The van der Waals surface area contributed by atoms with Gasteiger partial charge in [-0.05, 0) is 34.3 Å². The Hall–Kier alpha value is -1.98. The second kappa shape index (κ2) is 9.01. The van der Waals surface area contributed by atoms with Crippen LogP contribution in [0.25, 0.3) is 0 Å². The largest absolute Gasteiger partial charge is 0.330 e. The minimum absolute atomic E-state index is 0.117. The van der Waals surface area contributed by atoms with Crippen LogP contribution in [0.4, 0.5) is 0 Å². The van der Waals surface area contributed by atoms with E-state index in [1.54, 1.807) is 12.3 Å². The van der Waals surface area contributed by atoms with Gasteiger partial charge in [0.1, 0.15) is 11.3 Å². The minimum Gasteiger partial charge on any atom is -0.274 e. The topological polar surface area (TPSA) is 31.4 Å². The van der Waals surface area contributed by atoms with E-state index < -0.39 is 9.04 Å². The third-order valence-electron chi connectivity index (χ3n) is 4.54. The van der Waals surface area contributed by atoms with Gasteiger partial charge in [-0.2, -0.15) is 0 Å². The summed E-state index contributed by atoms with van der Waals surface area (Å²) in [5, 5.41) is 2.74. The van der Waals surface area contributed by atoms with Gasteiger partial charge in [0.05, 0.1) is 0 Å². The Morgan fingerprint density at radius 1 is 0.893 bits per heavy atom. The van der Waals surface area contributed by atoms with Gasteiger partial charge >= 0.3 is 9.04 Å². The van der Waals surface area contributed by atoms with Crippen LogP contribution in [0.2, 0.25) is 5.15 Å². The maximum absolute atomic E-state index is 6.03. The summed E-state index contributed by atoms with van der Waals surface area (Å²) in [5.41, 5.74) is 2.33. The molecule has 3 rings (SSSR count). The molecule has 5 heteroatoms. The van der Waals surface area contributed by atoms with E-state index in [2.05, 4.69) is 62.2 Å². The second-order valence-corrected chi connectivity index (χ2v) is 10.1. The van der Waals surface area contributed by atoms with Crippen LogP contribution >= 0.6 is 11.6 Å². The fourth-order valence-electron chi connectivity index (χ4n) is 2.78. The molecule has 1 aromatic heterocycles. The zero-order chi connectivity index (χ0) is 20.1. The number of benzene rings is 2. The van der Waals surface area contributed by atoms with Gasteiger partial charge in [-0.1, -0.05) is 93.0 Å². The molecule has 0 bridgehead atoms. The number of rotatable bonds is 6. The van der Waals surface area contributed by atoms with E-state index in [1.165, 1.54) is 5.56 Å². The first-order valence-electron chi connectivity index (χ1n) is 9.32. The molecule has 145 valence electrons. The van der Waals surface area contributed by atoms with Crippen molar-refractivity contribution < 1.29 is 9.46 Å². The predicted octanol–water partition coefficient (Wildman–Crippen LogP) is 4.85. The maximum atomic E-state index is 6.03. The predicted molar refractivity (Wildman–Crippen MR) is 116 cm³/mol. The molecule has 28 heavy (non-hydrogen) atoms. The maximum Gasteiger partial charge on any atom is 0.330 e. The van der Waals surface area contributed by atoms with Crippen molar-refractivity contribution in [3.05, 3.63) is 89.2 Å². The Morgan fingerprint density at radius 3 is 2.11 bits per heavy atom. The number of nitrogens with zero attached hydrogens (tertiary/aromatic N) is 1. The lowest BCUT2D eigenvalue weighted by Gasteiger charge is -2.21. The Morgan fingerprint density at radius 2 is 1.54 bits per heavy atom. The Bertz CT molecular complexity index is 877. The molecule has 0 spiro atoms. The molecular weight excluding hydrogens is 386 g/mol. The fraction of sp³-hybridized carbons (Fsp3) is 0.261. The third-order valence-corrected chi connectivity index (χ3v) is 6.75. The van der Waals surface area contributed by atoms with Crippen molar-refractivity contribution in [1.82, 2.24) is 4.98 Å². The van der Waals surface area contributed by atoms with Crippen LogP contribution < -0.4 is 10.4 Å². The molecular formula is C23H25ClNO2Si. The molecule has 1 heterocycles. The quantitative estimate of drug-likeness (QED) is 0.252. The van der Waals surface area contributed by atoms with E-state index in [1.807, 2.05) is 31.2 Å². The van der Waals surface area contributed by atoms with Crippen LogP contribution in [0.5, 0.6) is 0 Å². The molecule has 0 saturated heterocycles. The lowest BCUT2D eigenvalue weighted by molar-refractivity contribution is -0.246. The first kappa shape index (κ1) is 20.7. The fourth-order valence-corrected chi connectivity index (χ4v) is 4.62. The third kappa shape index (κ3) is 5.30. The molecule has 1 atom stereocenters. The monoisotopic (exact) mass is 410 g/mol. The second-order valence-electron chi connectivity index (χ2n) is 7.76. The average molecular weight is 411 g/mol. The Kier molecular flexibility index (Phi) is 6.68. The molecule has 0 N–H and O–H groups in total. The SMILES string of the molecule is CC(OO[Si](c1ccccc1)c1ccc(C(C)(C)C)cc1)c1ccc(Cl)nc1. The van der Waals surface area contributed by atoms with Crippen molar-refractivity contribution in [2.45, 2.75) is 39.2 Å². The highest BCUT2D eigenvalue weighted by Crippen LogP contribution is 2.21. The van der Waals surface area contributed by atoms with E-state index in [4.69, 9.17) is 21.1 Å². The van der Waals surface area contributed by atoms with Crippen LogP contribution in [-0.2, 0) is 14.9 Å². The highest BCUT2D eigenvalue weighted by atomic mass is 35.5. The molecule has 0 amide bonds. The van der Waals surface area contributed by atoms with Gasteiger partial charge in [-0.3, -0.25) is 4.58 Å². The zero-order valence-electron chi connectivity index (χ0n) is 16.6. The molecule has 0 aliphatic carbocycles. The summed E-state index contributed by atoms with van der Waals surface area (Å²) in [6.45, 7) is 8.59. The Labute approximate surface area is 174 Å². The van der Waals surface area contributed by atoms with E-state index in [-0.39, 0.29) is 11.5 Å². The van der Waals surface area contributed by atoms with E-state index in [0.29, 0.717) is 5.15 Å². The van der Waals surface area contributed by atoms with E-state index in [9.17, 15) is 0 Å². The van der Waals surface area contributed by atoms with Crippen molar-refractivity contribution in [3.8, 4) is 0 Å². The molecule has 0 aliphatic rings. The van der Waals surface area contributed by atoms with Gasteiger partial charge < -0.3 is 0 Å². The summed E-state index contributed by atoms with van der Waals surface area (Å²) in [6.07, 6.45) is 1.46. The van der Waals surface area contributed by atoms with Crippen molar-refractivity contribution in [3.63, 3.8) is 0 Å². The van der Waals surface area contributed by atoms with Crippen LogP contribution in [0.3, 0.4) is 0 Å². The lowest BCUT2D eigenvalue weighted by atomic mass is 9.87. The first-order chi connectivity index (χ1) is 13.3. The summed E-state index contributed by atoms with van der Waals surface area (Å²) in [7, 11) is -1.54. The van der Waals surface area contributed by atoms with Gasteiger partial charge in [-0.15, -0.1) is 0 Å². The first-order valence-corrected chi connectivity index (χ1v) is 11.1. The van der Waals surface area contributed by atoms with Crippen molar-refractivity contribution in [1.29, 1.82) is 0 Å². The minimum atomic E-state index is -1.54. The average Bonchev–Trinajstić information content (AvgIpc) is 2.69. The smallest absolute Gasteiger partial charge is 0.274 e. The normalized spacial score (nSPS) is 12.9. The van der Waals surface area contributed by atoms with Crippen molar-refractivity contribution in [2.75, 3.05) is 0 Å². The van der Waals surface area contributed by atoms with Crippen molar-refractivity contribution in [2.24, 2.45) is 0 Å². The summed E-state index contributed by atoms with van der Waals surface area (Å²) >= 11 is 5.87. The summed E-state index contributed by atoms with van der Waals surface area (Å²) in [5.74, 6) is 0. The highest BCUT2D eigenvalue weighted by molar-refractivity contribution is 6.79. The molecule has 3 aromatic rings. The summed E-state index contributed by atoms with van der Waals surface area (Å²) in [6, 6.07) is 22.6. The molecule has 1 radical (unpaired) electrons. The summed E-state index contributed by atoms with van der Waals surface area (Å²) in [4.78, 5) is 9.91. The molecule has 0 aliphatic heterocycles. The molecule has 3 nitrogen and oxygen atoms in total. The molecule has 1 unspecified atom stereocenters. The number of hydrogen-bond acceptors (Lipinski definition) is 3. The van der Waals surface area contributed by atoms with Crippen molar-refractivity contribution >= 4 is 31.0 Å². The Balaban J connectivity index is 1.81. The van der Waals surface area contributed by atoms with Gasteiger partial charge in [0.15, 0.2) is 0 Å². The van der Waals surface area contributed by atoms with Gasteiger partial charge in [0, 0.05) is 11.8 Å². The number of hydrogen-bond donors (Lipinski definition) is 0. The van der Waals surface area contributed by atoms with Gasteiger partial charge in [0.25, 0.3) is 0 Å². The lowest BCUT2D eigenvalue weighted by Crippen LogP contribution is -2.45. The number of halogens is 1. The van der Waals surface area contributed by atoms with E-state index in [0.717, 1.165) is 15.9 Å². The molecule has 2 aromatic carbocycles. The number of pyridine rings is 1. The highest BCUT2D eigenvalue weighted by Gasteiger charge is 2.23. The molecule has 0 fully saturated rings. The van der Waals surface area contributed by atoms with Crippen LogP contribution in [0.15, 0.2) is 72.9 Å². The standard InChI is InChI=1S/C23H25ClNO2Si/c1-17(18-10-15-22(24)25-16-18)26-27-28(20-8-6-5-7-9-20)21-13-11-19(12-14-21)23(2,3)4/h5-17H,1-4H3. The van der Waals surface area contributed by atoms with Crippen LogP contribution in [0.1, 0.15) is 44.9 Å². The van der Waals surface area contributed by atoms with Gasteiger partial charge in [-0.25, -0.2) is 9.87 Å². The van der Waals surface area contributed by atoms with E-state index >= 15 is 0 Å². The van der Waals surface area contributed by atoms with Crippen LogP contribution in [0, 0.1) is 0 Å². The molecule has 0 saturated carbocycles. The number of aromatic nitrogens is 1. The summed E-state index contributed by atoms with van der Waals surface area (Å²) < 4.78 is 6.03.